The van der Waals surface area contributed by atoms with Gasteiger partial charge in [0.2, 0.25) is 0 Å². The molecule has 3 rings (SSSR count). The topological polar surface area (TPSA) is 69.7 Å². The van der Waals surface area contributed by atoms with E-state index in [0.29, 0.717) is 18.0 Å². The van der Waals surface area contributed by atoms with E-state index in [2.05, 4.69) is 10.2 Å². The number of piperazine rings is 1. The Bertz CT molecular complexity index is 748. The molecule has 1 aromatic rings. The van der Waals surface area contributed by atoms with Crippen LogP contribution in [0.3, 0.4) is 0 Å². The maximum atomic E-state index is 12.9. The average Bonchev–Trinajstić information content (AvgIpc) is 3.10. The van der Waals surface area contributed by atoms with Gasteiger partial charge in [0, 0.05) is 57.1 Å². The number of likely N-dealkylation sites (tertiary alicyclic amines) is 1. The monoisotopic (exact) mass is 401 g/mol. The number of carbonyl (C=O) groups excluding carboxylic acids is 1. The van der Waals surface area contributed by atoms with Crippen LogP contribution in [-0.4, -0.2) is 75.7 Å². The molecule has 0 aromatic heterocycles. The lowest BCUT2D eigenvalue weighted by atomic mass is 10.1. The fourth-order valence-electron chi connectivity index (χ4n) is 3.78. The molecule has 1 amide bonds. The van der Waals surface area contributed by atoms with Gasteiger partial charge in [-0.25, -0.2) is 8.42 Å². The zero-order valence-electron chi connectivity index (χ0n) is 15.4. The number of carbonyl (C=O) groups is 1. The third-order valence-electron chi connectivity index (χ3n) is 5.21. The van der Waals surface area contributed by atoms with E-state index in [1.165, 1.54) is 6.26 Å². The van der Waals surface area contributed by atoms with Gasteiger partial charge in [-0.2, -0.15) is 0 Å². The summed E-state index contributed by atoms with van der Waals surface area (Å²) in [5.41, 5.74) is 1.23. The third kappa shape index (κ3) is 4.57. The summed E-state index contributed by atoms with van der Waals surface area (Å²) in [6.07, 6.45) is 2.81. The Morgan fingerprint density at radius 2 is 1.92 bits per heavy atom. The highest BCUT2D eigenvalue weighted by Crippen LogP contribution is 2.22. The molecule has 2 fully saturated rings. The van der Waals surface area contributed by atoms with E-state index in [1.54, 1.807) is 18.2 Å². The molecule has 0 aliphatic carbocycles. The second kappa shape index (κ2) is 8.69. The van der Waals surface area contributed by atoms with E-state index in [9.17, 15) is 13.2 Å². The van der Waals surface area contributed by atoms with E-state index in [-0.39, 0.29) is 23.2 Å². The first-order valence-corrected chi connectivity index (χ1v) is 10.9. The van der Waals surface area contributed by atoms with Gasteiger partial charge >= 0.3 is 0 Å². The van der Waals surface area contributed by atoms with E-state index in [0.717, 1.165) is 51.3 Å². The van der Waals surface area contributed by atoms with Crippen molar-refractivity contribution in [2.75, 3.05) is 45.5 Å². The maximum absolute atomic E-state index is 12.9. The van der Waals surface area contributed by atoms with Crippen molar-refractivity contribution in [2.24, 2.45) is 0 Å². The van der Waals surface area contributed by atoms with Crippen LogP contribution < -0.4 is 5.32 Å². The number of sulfone groups is 1. The van der Waals surface area contributed by atoms with E-state index in [4.69, 9.17) is 0 Å². The van der Waals surface area contributed by atoms with Crippen LogP contribution in [0.15, 0.2) is 23.1 Å². The predicted molar refractivity (Wildman–Crippen MR) is 105 cm³/mol. The van der Waals surface area contributed by atoms with Gasteiger partial charge in [-0.1, -0.05) is 13.0 Å². The Morgan fingerprint density at radius 3 is 2.54 bits per heavy atom. The molecular formula is C18H28ClN3O3S. The number of nitrogens with zero attached hydrogens (tertiary/aromatic N) is 2. The van der Waals surface area contributed by atoms with Crippen molar-refractivity contribution in [3.05, 3.63) is 29.3 Å². The molecule has 26 heavy (non-hydrogen) atoms. The van der Waals surface area contributed by atoms with Gasteiger partial charge < -0.3 is 10.2 Å². The molecule has 8 heteroatoms. The third-order valence-corrected chi connectivity index (χ3v) is 6.39. The number of halogens is 1. The Hall–Kier alpha value is -1.15. The molecule has 0 saturated carbocycles. The zero-order valence-corrected chi connectivity index (χ0v) is 17.0. The molecule has 1 N–H and O–H groups in total. The van der Waals surface area contributed by atoms with Crippen molar-refractivity contribution >= 4 is 28.2 Å². The molecule has 1 aromatic carbocycles. The fraction of sp³-hybridized carbons (Fsp3) is 0.611. The summed E-state index contributed by atoms with van der Waals surface area (Å²) < 4.78 is 24.1. The van der Waals surface area contributed by atoms with E-state index < -0.39 is 9.84 Å². The number of nitrogens with one attached hydrogen (secondary N) is 1. The highest BCUT2D eigenvalue weighted by Gasteiger charge is 2.31. The molecule has 146 valence electrons. The molecule has 0 spiro atoms. The lowest BCUT2D eigenvalue weighted by Gasteiger charge is -2.32. The highest BCUT2D eigenvalue weighted by atomic mass is 35.5. The lowest BCUT2D eigenvalue weighted by Crippen LogP contribution is -2.49. The first kappa shape index (κ1) is 21.2. The second-order valence-electron chi connectivity index (χ2n) is 6.93. The standard InChI is InChI=1S/C18H27N3O3S.ClH/c1-3-14-4-5-15(12-17(14)25(2,23)24)18(22)21-9-6-16(13-21)20-10-7-19-8-11-20;/h4-5,12,16,19H,3,6-11,13H2,1-2H3;1H. The summed E-state index contributed by atoms with van der Waals surface area (Å²) in [5.74, 6) is -0.0646. The van der Waals surface area contributed by atoms with Crippen molar-refractivity contribution < 1.29 is 13.2 Å². The molecule has 0 bridgehead atoms. The minimum Gasteiger partial charge on any atom is -0.337 e. The summed E-state index contributed by atoms with van der Waals surface area (Å²) >= 11 is 0. The molecular weight excluding hydrogens is 374 g/mol. The van der Waals surface area contributed by atoms with Gasteiger partial charge in [-0.05, 0) is 30.5 Å². The molecule has 2 aliphatic heterocycles. The summed E-state index contributed by atoms with van der Waals surface area (Å²) in [6, 6.07) is 5.49. The summed E-state index contributed by atoms with van der Waals surface area (Å²) in [7, 11) is -3.34. The van der Waals surface area contributed by atoms with Gasteiger partial charge in [0.05, 0.1) is 4.90 Å². The van der Waals surface area contributed by atoms with Crippen molar-refractivity contribution in [3.8, 4) is 0 Å². The molecule has 2 saturated heterocycles. The van der Waals surface area contributed by atoms with Crippen LogP contribution in [0.25, 0.3) is 0 Å². The largest absolute Gasteiger partial charge is 0.337 e. The highest BCUT2D eigenvalue weighted by molar-refractivity contribution is 7.90. The van der Waals surface area contributed by atoms with Gasteiger partial charge in [0.25, 0.3) is 5.91 Å². The molecule has 2 aliphatic rings. The minimum absolute atomic E-state index is 0. The van der Waals surface area contributed by atoms with Crippen LogP contribution in [-0.2, 0) is 16.3 Å². The number of benzene rings is 1. The maximum Gasteiger partial charge on any atom is 0.253 e. The quantitative estimate of drug-likeness (QED) is 0.820. The van der Waals surface area contributed by atoms with Crippen molar-refractivity contribution in [1.82, 2.24) is 15.1 Å². The fourth-order valence-corrected chi connectivity index (χ4v) is 4.81. The molecule has 6 nitrogen and oxygen atoms in total. The molecule has 0 radical (unpaired) electrons. The van der Waals surface area contributed by atoms with Crippen LogP contribution in [0.5, 0.6) is 0 Å². The number of amides is 1. The first-order chi connectivity index (χ1) is 11.9. The van der Waals surface area contributed by atoms with Crippen molar-refractivity contribution in [2.45, 2.75) is 30.7 Å². The lowest BCUT2D eigenvalue weighted by molar-refractivity contribution is 0.0773. The van der Waals surface area contributed by atoms with Crippen LogP contribution >= 0.6 is 12.4 Å². The first-order valence-electron chi connectivity index (χ1n) is 8.97. The van der Waals surface area contributed by atoms with Gasteiger partial charge in [0.1, 0.15) is 0 Å². The molecule has 2 heterocycles. The SMILES string of the molecule is CCc1ccc(C(=O)N2CCC(N3CCNCC3)C2)cc1S(C)(=O)=O.Cl. The normalized spacial score (nSPS) is 21.5. The van der Waals surface area contributed by atoms with Crippen LogP contribution in [0, 0.1) is 0 Å². The number of rotatable bonds is 4. The van der Waals surface area contributed by atoms with Gasteiger partial charge in [-0.15, -0.1) is 12.4 Å². The average molecular weight is 402 g/mol. The summed E-state index contributed by atoms with van der Waals surface area (Å²) in [4.78, 5) is 17.4. The molecule has 1 unspecified atom stereocenters. The van der Waals surface area contributed by atoms with Crippen LogP contribution in [0.1, 0.15) is 29.3 Å². The number of hydrogen-bond donors (Lipinski definition) is 1. The van der Waals surface area contributed by atoms with E-state index >= 15 is 0 Å². The minimum atomic E-state index is -3.34. The van der Waals surface area contributed by atoms with E-state index in [1.807, 2.05) is 11.8 Å². The number of hydrogen-bond acceptors (Lipinski definition) is 5. The number of aryl methyl sites for hydroxylation is 1. The van der Waals surface area contributed by atoms with Crippen molar-refractivity contribution in [3.63, 3.8) is 0 Å². The second-order valence-corrected chi connectivity index (χ2v) is 8.91. The van der Waals surface area contributed by atoms with Gasteiger partial charge in [0.15, 0.2) is 9.84 Å². The van der Waals surface area contributed by atoms with Crippen LogP contribution in [0.2, 0.25) is 0 Å². The Kier molecular flexibility index (Phi) is 7.07. The Labute approximate surface area is 162 Å². The van der Waals surface area contributed by atoms with Crippen molar-refractivity contribution in [1.29, 1.82) is 0 Å². The summed E-state index contributed by atoms with van der Waals surface area (Å²) in [5, 5.41) is 3.35. The summed E-state index contributed by atoms with van der Waals surface area (Å²) in [6.45, 7) is 7.43. The molecule has 1 atom stereocenters. The Balaban J connectivity index is 0.00000243. The van der Waals surface area contributed by atoms with Gasteiger partial charge in [-0.3, -0.25) is 9.69 Å². The Morgan fingerprint density at radius 1 is 1.23 bits per heavy atom. The predicted octanol–water partition coefficient (Wildman–Crippen LogP) is 1.19. The smallest absolute Gasteiger partial charge is 0.253 e. The van der Waals surface area contributed by atoms with Crippen LogP contribution in [0.4, 0.5) is 0 Å². The zero-order chi connectivity index (χ0) is 18.0.